The summed E-state index contributed by atoms with van der Waals surface area (Å²) in [5, 5.41) is 3.12. The van der Waals surface area contributed by atoms with Crippen molar-refractivity contribution in [1.82, 2.24) is 10.2 Å². The highest BCUT2D eigenvalue weighted by Crippen LogP contribution is 2.21. The highest BCUT2D eigenvalue weighted by molar-refractivity contribution is 5.80. The molecule has 0 aromatic heterocycles. The van der Waals surface area contributed by atoms with Crippen molar-refractivity contribution in [2.75, 3.05) is 33.4 Å². The lowest BCUT2D eigenvalue weighted by Gasteiger charge is -2.41. The first kappa shape index (κ1) is 16.4. The van der Waals surface area contributed by atoms with Gasteiger partial charge in [-0.1, -0.05) is 0 Å². The molecule has 0 bridgehead atoms. The molecule has 1 fully saturated rings. The Kier molecular flexibility index (Phi) is 6.23. The van der Waals surface area contributed by atoms with E-state index in [9.17, 15) is 4.79 Å². The summed E-state index contributed by atoms with van der Waals surface area (Å²) in [6.07, 6.45) is 0.729. The number of ether oxygens (including phenoxy) is 2. The van der Waals surface area contributed by atoms with Crippen molar-refractivity contribution in [3.63, 3.8) is 0 Å². The highest BCUT2D eigenvalue weighted by Gasteiger charge is 2.37. The Hall–Kier alpha value is -0.650. The highest BCUT2D eigenvalue weighted by atomic mass is 16.5. The molecule has 3 atom stereocenters. The first-order valence-corrected chi connectivity index (χ1v) is 7.14. The Morgan fingerprint density at radius 2 is 2.32 bits per heavy atom. The third-order valence-corrected chi connectivity index (χ3v) is 3.97. The van der Waals surface area contributed by atoms with Gasteiger partial charge in [-0.05, 0) is 41.2 Å². The first-order chi connectivity index (χ1) is 8.94. The molecule has 0 aromatic rings. The number of esters is 1. The second kappa shape index (κ2) is 7.22. The lowest BCUT2D eigenvalue weighted by Crippen LogP contribution is -2.56. The number of nitrogens with one attached hydrogen (secondary N) is 1. The topological polar surface area (TPSA) is 50.8 Å². The van der Waals surface area contributed by atoms with E-state index in [1.165, 1.54) is 0 Å². The standard InChI is InChI=1S/C14H28N2O3/c1-6-19-13(17)14(4,15-5)9-11(2)16-7-8-18-10-12(16)3/h11-12,15H,6-10H2,1-5H3. The van der Waals surface area contributed by atoms with Crippen molar-refractivity contribution in [3.05, 3.63) is 0 Å². The van der Waals surface area contributed by atoms with Gasteiger partial charge < -0.3 is 14.8 Å². The van der Waals surface area contributed by atoms with E-state index in [1.54, 1.807) is 0 Å². The van der Waals surface area contributed by atoms with Crippen molar-refractivity contribution >= 4 is 5.97 Å². The van der Waals surface area contributed by atoms with Crippen LogP contribution < -0.4 is 5.32 Å². The molecule has 1 aliphatic heterocycles. The maximum Gasteiger partial charge on any atom is 0.326 e. The van der Waals surface area contributed by atoms with Gasteiger partial charge >= 0.3 is 5.97 Å². The Morgan fingerprint density at radius 1 is 1.63 bits per heavy atom. The Balaban J connectivity index is 2.65. The number of morpholine rings is 1. The van der Waals surface area contributed by atoms with Gasteiger partial charge in [-0.3, -0.25) is 9.69 Å². The molecule has 0 saturated carbocycles. The van der Waals surface area contributed by atoms with Crippen LogP contribution >= 0.6 is 0 Å². The summed E-state index contributed by atoms with van der Waals surface area (Å²) in [5.41, 5.74) is -0.631. The van der Waals surface area contributed by atoms with Crippen LogP contribution in [0.5, 0.6) is 0 Å². The molecular formula is C14H28N2O3. The average Bonchev–Trinajstić information content (AvgIpc) is 2.39. The summed E-state index contributed by atoms with van der Waals surface area (Å²) in [7, 11) is 1.81. The molecule has 5 heteroatoms. The van der Waals surface area contributed by atoms with E-state index in [4.69, 9.17) is 9.47 Å². The van der Waals surface area contributed by atoms with E-state index >= 15 is 0 Å². The van der Waals surface area contributed by atoms with Crippen LogP contribution in [-0.2, 0) is 14.3 Å². The van der Waals surface area contributed by atoms with Crippen molar-refractivity contribution in [2.24, 2.45) is 0 Å². The molecule has 0 aromatic carbocycles. The molecule has 1 rings (SSSR count). The zero-order chi connectivity index (χ0) is 14.5. The minimum atomic E-state index is -0.631. The molecular weight excluding hydrogens is 244 g/mol. The molecule has 19 heavy (non-hydrogen) atoms. The molecule has 1 saturated heterocycles. The predicted molar refractivity (Wildman–Crippen MR) is 75.2 cm³/mol. The normalized spacial score (nSPS) is 25.6. The zero-order valence-electron chi connectivity index (χ0n) is 12.9. The van der Waals surface area contributed by atoms with Gasteiger partial charge in [0.25, 0.3) is 0 Å². The van der Waals surface area contributed by atoms with Crippen LogP contribution in [0.2, 0.25) is 0 Å². The SMILES string of the molecule is CCOC(=O)C(C)(CC(C)N1CCOCC1C)NC. The number of likely N-dealkylation sites (N-methyl/N-ethyl adjacent to an activating group) is 1. The summed E-state index contributed by atoms with van der Waals surface area (Å²) in [5.74, 6) is -0.176. The van der Waals surface area contributed by atoms with Gasteiger partial charge in [0, 0.05) is 18.6 Å². The third-order valence-electron chi connectivity index (χ3n) is 3.97. The van der Waals surface area contributed by atoms with Gasteiger partial charge in [-0.2, -0.15) is 0 Å². The van der Waals surface area contributed by atoms with Gasteiger partial charge in [0.2, 0.25) is 0 Å². The minimum absolute atomic E-state index is 0.176. The molecule has 0 aliphatic carbocycles. The van der Waals surface area contributed by atoms with Crippen molar-refractivity contribution < 1.29 is 14.3 Å². The van der Waals surface area contributed by atoms with Crippen LogP contribution in [0.25, 0.3) is 0 Å². The zero-order valence-corrected chi connectivity index (χ0v) is 12.9. The molecule has 1 N–H and O–H groups in total. The fourth-order valence-electron chi connectivity index (χ4n) is 2.68. The van der Waals surface area contributed by atoms with Crippen molar-refractivity contribution in [3.8, 4) is 0 Å². The van der Waals surface area contributed by atoms with E-state index in [0.717, 1.165) is 26.2 Å². The molecule has 0 spiro atoms. The van der Waals surface area contributed by atoms with Gasteiger partial charge in [0.1, 0.15) is 5.54 Å². The van der Waals surface area contributed by atoms with Crippen LogP contribution in [0.1, 0.15) is 34.1 Å². The van der Waals surface area contributed by atoms with E-state index in [0.29, 0.717) is 18.7 Å². The maximum atomic E-state index is 12.1. The smallest absolute Gasteiger partial charge is 0.326 e. The van der Waals surface area contributed by atoms with Crippen LogP contribution in [0.15, 0.2) is 0 Å². The molecule has 0 amide bonds. The number of nitrogens with zero attached hydrogens (tertiary/aromatic N) is 1. The summed E-state index contributed by atoms with van der Waals surface area (Å²) in [4.78, 5) is 14.5. The van der Waals surface area contributed by atoms with Crippen LogP contribution in [0.4, 0.5) is 0 Å². The average molecular weight is 272 g/mol. The Labute approximate surface area is 116 Å². The molecule has 112 valence electrons. The lowest BCUT2D eigenvalue weighted by molar-refractivity contribution is -0.151. The minimum Gasteiger partial charge on any atom is -0.465 e. The molecule has 3 unspecified atom stereocenters. The van der Waals surface area contributed by atoms with Crippen LogP contribution in [0, 0.1) is 0 Å². The van der Waals surface area contributed by atoms with Crippen molar-refractivity contribution in [2.45, 2.75) is 51.7 Å². The number of hydrogen-bond donors (Lipinski definition) is 1. The second-order valence-electron chi connectivity index (χ2n) is 5.52. The summed E-state index contributed by atoms with van der Waals surface area (Å²) in [6, 6.07) is 0.702. The number of hydrogen-bond acceptors (Lipinski definition) is 5. The van der Waals surface area contributed by atoms with E-state index < -0.39 is 5.54 Å². The number of carbonyl (C=O) groups is 1. The summed E-state index contributed by atoms with van der Waals surface area (Å²) >= 11 is 0. The maximum absolute atomic E-state index is 12.1. The first-order valence-electron chi connectivity index (χ1n) is 7.14. The van der Waals surface area contributed by atoms with Crippen molar-refractivity contribution in [1.29, 1.82) is 0 Å². The van der Waals surface area contributed by atoms with Gasteiger partial charge in [0.15, 0.2) is 0 Å². The van der Waals surface area contributed by atoms with E-state index in [2.05, 4.69) is 24.1 Å². The summed E-state index contributed by atoms with van der Waals surface area (Å²) < 4.78 is 10.6. The van der Waals surface area contributed by atoms with Gasteiger partial charge in [0.05, 0.1) is 19.8 Å². The Bertz CT molecular complexity index is 298. The summed E-state index contributed by atoms with van der Waals surface area (Å²) in [6.45, 7) is 10.9. The monoisotopic (exact) mass is 272 g/mol. The predicted octanol–water partition coefficient (Wildman–Crippen LogP) is 1.03. The molecule has 1 heterocycles. The number of rotatable bonds is 6. The number of carbonyl (C=O) groups excluding carboxylic acids is 1. The fourth-order valence-corrected chi connectivity index (χ4v) is 2.68. The third kappa shape index (κ3) is 4.16. The van der Waals surface area contributed by atoms with Gasteiger partial charge in [-0.15, -0.1) is 0 Å². The van der Waals surface area contributed by atoms with Gasteiger partial charge in [-0.25, -0.2) is 0 Å². The molecule has 1 aliphatic rings. The Morgan fingerprint density at radius 3 is 2.84 bits per heavy atom. The largest absolute Gasteiger partial charge is 0.465 e. The van der Waals surface area contributed by atoms with Crippen LogP contribution in [-0.4, -0.2) is 61.9 Å². The quantitative estimate of drug-likeness (QED) is 0.732. The van der Waals surface area contributed by atoms with Crippen LogP contribution in [0.3, 0.4) is 0 Å². The molecule has 0 radical (unpaired) electrons. The molecule has 5 nitrogen and oxygen atoms in total. The van der Waals surface area contributed by atoms with E-state index in [-0.39, 0.29) is 5.97 Å². The fraction of sp³-hybridized carbons (Fsp3) is 0.929. The van der Waals surface area contributed by atoms with E-state index in [1.807, 2.05) is 20.9 Å². The lowest BCUT2D eigenvalue weighted by atomic mass is 9.92. The second-order valence-corrected chi connectivity index (χ2v) is 5.52.